The molecular weight excluding hydrogens is 286 g/mol. The molecule has 0 saturated heterocycles. The van der Waals surface area contributed by atoms with Crippen LogP contribution in [-0.2, 0) is 12.7 Å². The lowest BCUT2D eigenvalue weighted by Gasteiger charge is -2.13. The molecule has 1 aromatic carbocycles. The quantitative estimate of drug-likeness (QED) is 0.876. The van der Waals surface area contributed by atoms with Crippen molar-refractivity contribution in [3.8, 4) is 5.69 Å². The van der Waals surface area contributed by atoms with Gasteiger partial charge >= 0.3 is 6.18 Å². The fourth-order valence-corrected chi connectivity index (χ4v) is 1.86. The lowest BCUT2D eigenvalue weighted by Crippen LogP contribution is -2.23. The van der Waals surface area contributed by atoms with Crippen LogP contribution in [0, 0.1) is 5.82 Å². The van der Waals surface area contributed by atoms with E-state index in [0.29, 0.717) is 18.3 Å². The molecule has 0 saturated carbocycles. The Hall–Kier alpha value is -1.89. The second-order valence-electron chi connectivity index (χ2n) is 4.95. The van der Waals surface area contributed by atoms with Crippen LogP contribution in [0.5, 0.6) is 0 Å². The number of nitrogens with one attached hydrogen (secondary N) is 1. The molecule has 1 N–H and O–H groups in total. The van der Waals surface area contributed by atoms with Crippen molar-refractivity contribution in [2.75, 3.05) is 0 Å². The molecule has 0 radical (unpaired) electrons. The maximum atomic E-state index is 14.0. The van der Waals surface area contributed by atoms with Gasteiger partial charge in [-0.05, 0) is 11.6 Å². The molecule has 0 aliphatic heterocycles. The number of nitrogens with zero attached hydrogens (tertiary/aromatic N) is 2. The van der Waals surface area contributed by atoms with Gasteiger partial charge in [-0.3, -0.25) is 0 Å². The number of rotatable bonds is 4. The average Bonchev–Trinajstić information content (AvgIpc) is 2.85. The molecule has 0 atom stereocenters. The van der Waals surface area contributed by atoms with E-state index >= 15 is 0 Å². The van der Waals surface area contributed by atoms with Crippen molar-refractivity contribution in [1.82, 2.24) is 15.1 Å². The minimum Gasteiger partial charge on any atom is -0.310 e. The van der Waals surface area contributed by atoms with E-state index in [-0.39, 0.29) is 11.7 Å². The maximum Gasteiger partial charge on any atom is 0.419 e. The Balaban J connectivity index is 2.40. The molecule has 0 spiro atoms. The van der Waals surface area contributed by atoms with Crippen LogP contribution in [-0.4, -0.2) is 15.8 Å². The lowest BCUT2D eigenvalue weighted by molar-refractivity contribution is -0.137. The molecule has 1 aromatic heterocycles. The highest BCUT2D eigenvalue weighted by Gasteiger charge is 2.32. The van der Waals surface area contributed by atoms with Crippen molar-refractivity contribution >= 4 is 0 Å². The number of halogens is 4. The Bertz CT molecular complexity index is 617. The van der Waals surface area contributed by atoms with Crippen LogP contribution in [0.4, 0.5) is 17.6 Å². The van der Waals surface area contributed by atoms with Crippen LogP contribution >= 0.6 is 0 Å². The predicted molar refractivity (Wildman–Crippen MR) is 70.5 cm³/mol. The van der Waals surface area contributed by atoms with Crippen LogP contribution in [0.15, 0.2) is 30.6 Å². The summed E-state index contributed by atoms with van der Waals surface area (Å²) in [5.41, 5.74) is -0.338. The van der Waals surface area contributed by atoms with Crippen LogP contribution in [0.25, 0.3) is 5.69 Å². The maximum absolute atomic E-state index is 14.0. The first kappa shape index (κ1) is 15.5. The first-order valence-corrected chi connectivity index (χ1v) is 6.42. The minimum absolute atomic E-state index is 0.0288. The van der Waals surface area contributed by atoms with E-state index in [1.54, 1.807) is 6.07 Å². The van der Waals surface area contributed by atoms with Gasteiger partial charge in [-0.15, -0.1) is 0 Å². The smallest absolute Gasteiger partial charge is 0.310 e. The highest BCUT2D eigenvalue weighted by molar-refractivity contribution is 5.42. The Morgan fingerprint density at radius 2 is 2.00 bits per heavy atom. The zero-order valence-corrected chi connectivity index (χ0v) is 11.6. The summed E-state index contributed by atoms with van der Waals surface area (Å²) in [6.07, 6.45) is -3.02. The molecule has 0 aliphatic rings. The predicted octanol–water partition coefficient (Wildman–Crippen LogP) is 3.53. The highest BCUT2D eigenvalue weighted by Crippen LogP contribution is 2.30. The van der Waals surface area contributed by atoms with Crippen molar-refractivity contribution in [3.05, 3.63) is 47.5 Å². The summed E-state index contributed by atoms with van der Waals surface area (Å²) < 4.78 is 52.8. The monoisotopic (exact) mass is 301 g/mol. The molecule has 0 bridgehead atoms. The molecule has 2 aromatic rings. The van der Waals surface area contributed by atoms with Crippen molar-refractivity contribution < 1.29 is 17.6 Å². The van der Waals surface area contributed by atoms with Crippen molar-refractivity contribution in [2.24, 2.45) is 0 Å². The average molecular weight is 301 g/mol. The van der Waals surface area contributed by atoms with Gasteiger partial charge in [-0.1, -0.05) is 26.0 Å². The lowest BCUT2D eigenvalue weighted by atomic mass is 10.1. The number of para-hydroxylation sites is 1. The largest absolute Gasteiger partial charge is 0.419 e. The SMILES string of the molecule is CC(C)NCc1cccc(F)c1-n1cc(C(F)(F)F)cn1. The van der Waals surface area contributed by atoms with Gasteiger partial charge < -0.3 is 5.32 Å². The van der Waals surface area contributed by atoms with Crippen LogP contribution < -0.4 is 5.32 Å². The Morgan fingerprint density at radius 1 is 1.29 bits per heavy atom. The zero-order valence-electron chi connectivity index (χ0n) is 11.6. The van der Waals surface area contributed by atoms with Gasteiger partial charge in [0.15, 0.2) is 0 Å². The van der Waals surface area contributed by atoms with Crippen molar-refractivity contribution in [1.29, 1.82) is 0 Å². The Kier molecular flexibility index (Phi) is 4.32. The molecule has 3 nitrogen and oxygen atoms in total. The second kappa shape index (κ2) is 5.85. The third-order valence-corrected chi connectivity index (χ3v) is 2.91. The van der Waals surface area contributed by atoms with Gasteiger partial charge in [-0.2, -0.15) is 18.3 Å². The molecule has 0 amide bonds. The summed E-state index contributed by atoms with van der Waals surface area (Å²) >= 11 is 0. The number of hydrogen-bond donors (Lipinski definition) is 1. The van der Waals surface area contributed by atoms with E-state index < -0.39 is 17.6 Å². The van der Waals surface area contributed by atoms with E-state index in [0.717, 1.165) is 10.9 Å². The summed E-state index contributed by atoms with van der Waals surface area (Å²) in [5.74, 6) is -0.616. The Labute approximate surface area is 119 Å². The van der Waals surface area contributed by atoms with Gasteiger partial charge in [0.2, 0.25) is 0 Å². The minimum atomic E-state index is -4.50. The molecule has 7 heteroatoms. The van der Waals surface area contributed by atoms with Crippen molar-refractivity contribution in [3.63, 3.8) is 0 Å². The number of benzene rings is 1. The van der Waals surface area contributed by atoms with Gasteiger partial charge in [0.05, 0.1) is 11.8 Å². The van der Waals surface area contributed by atoms with Gasteiger partial charge in [-0.25, -0.2) is 9.07 Å². The molecule has 0 unspecified atom stereocenters. The summed E-state index contributed by atoms with van der Waals surface area (Å²) in [6.45, 7) is 4.19. The van der Waals surface area contributed by atoms with E-state index in [2.05, 4.69) is 10.4 Å². The third-order valence-electron chi connectivity index (χ3n) is 2.91. The zero-order chi connectivity index (χ0) is 15.6. The van der Waals surface area contributed by atoms with E-state index in [9.17, 15) is 17.6 Å². The fourth-order valence-electron chi connectivity index (χ4n) is 1.86. The van der Waals surface area contributed by atoms with E-state index in [1.165, 1.54) is 12.1 Å². The molecule has 114 valence electrons. The van der Waals surface area contributed by atoms with Crippen LogP contribution in [0.1, 0.15) is 25.0 Å². The number of hydrogen-bond acceptors (Lipinski definition) is 2. The highest BCUT2D eigenvalue weighted by atomic mass is 19.4. The van der Waals surface area contributed by atoms with Gasteiger partial charge in [0, 0.05) is 18.8 Å². The second-order valence-corrected chi connectivity index (χ2v) is 4.95. The normalized spacial score (nSPS) is 12.1. The fraction of sp³-hybridized carbons (Fsp3) is 0.357. The van der Waals surface area contributed by atoms with Gasteiger partial charge in [0.1, 0.15) is 11.5 Å². The van der Waals surface area contributed by atoms with Crippen LogP contribution in [0.3, 0.4) is 0 Å². The van der Waals surface area contributed by atoms with Gasteiger partial charge in [0.25, 0.3) is 0 Å². The first-order chi connectivity index (χ1) is 9.79. The molecule has 1 heterocycles. The topological polar surface area (TPSA) is 29.9 Å². The molecule has 2 rings (SSSR count). The first-order valence-electron chi connectivity index (χ1n) is 6.42. The molecule has 0 aliphatic carbocycles. The standard InChI is InChI=1S/C14H15F4N3/c1-9(2)19-6-10-4-3-5-12(15)13(10)21-8-11(7-20-21)14(16,17)18/h3-5,7-9,19H,6H2,1-2H3. The summed E-state index contributed by atoms with van der Waals surface area (Å²) in [6, 6.07) is 4.54. The van der Waals surface area contributed by atoms with E-state index in [1.807, 2.05) is 13.8 Å². The molecule has 0 fully saturated rings. The summed E-state index contributed by atoms with van der Waals surface area (Å²) in [5, 5.41) is 6.74. The third kappa shape index (κ3) is 3.60. The number of alkyl halides is 3. The van der Waals surface area contributed by atoms with Crippen molar-refractivity contribution in [2.45, 2.75) is 32.6 Å². The summed E-state index contributed by atoms with van der Waals surface area (Å²) in [4.78, 5) is 0. The Morgan fingerprint density at radius 3 is 2.57 bits per heavy atom. The molecular formula is C14H15F4N3. The number of aromatic nitrogens is 2. The molecule has 21 heavy (non-hydrogen) atoms. The van der Waals surface area contributed by atoms with Crippen LogP contribution in [0.2, 0.25) is 0 Å². The summed E-state index contributed by atoms with van der Waals surface area (Å²) in [7, 11) is 0. The van der Waals surface area contributed by atoms with E-state index in [4.69, 9.17) is 0 Å².